The average molecular weight is 388 g/mol. The summed E-state index contributed by atoms with van der Waals surface area (Å²) in [6.45, 7) is 4.30. The number of carbonyl (C=O) groups is 1. The number of amides is 1. The summed E-state index contributed by atoms with van der Waals surface area (Å²) in [5.74, 6) is -0.711. The van der Waals surface area contributed by atoms with E-state index in [2.05, 4.69) is 15.0 Å². The lowest BCUT2D eigenvalue weighted by molar-refractivity contribution is -0.213. The molecule has 0 atom stereocenters. The van der Waals surface area contributed by atoms with E-state index in [1.807, 2.05) is 13.8 Å². The summed E-state index contributed by atoms with van der Waals surface area (Å²) in [4.78, 5) is 16.7. The van der Waals surface area contributed by atoms with Crippen LogP contribution in [0.15, 0.2) is 53.5 Å². The van der Waals surface area contributed by atoms with Gasteiger partial charge in [0.05, 0.1) is 17.5 Å². The molecule has 0 fully saturated rings. The van der Waals surface area contributed by atoms with Crippen LogP contribution in [0, 0.1) is 5.92 Å². The van der Waals surface area contributed by atoms with Crippen molar-refractivity contribution in [1.29, 1.82) is 0 Å². The normalized spacial score (nSPS) is 12.1. The Hall–Kier alpha value is -2.87. The van der Waals surface area contributed by atoms with Crippen molar-refractivity contribution in [3.05, 3.63) is 59.7 Å². The molecular weight excluding hydrogens is 366 g/mol. The Labute approximate surface area is 159 Å². The Morgan fingerprint density at radius 3 is 2.19 bits per heavy atom. The molecule has 7 nitrogen and oxygen atoms in total. The van der Waals surface area contributed by atoms with Crippen molar-refractivity contribution in [2.75, 3.05) is 22.8 Å². The molecule has 0 bridgehead atoms. The van der Waals surface area contributed by atoms with Gasteiger partial charge in [0.25, 0.3) is 5.91 Å². The number of aliphatic imine (C=N–C) groups is 1. The van der Waals surface area contributed by atoms with Gasteiger partial charge in [-0.2, -0.15) is 0 Å². The van der Waals surface area contributed by atoms with Crippen LogP contribution < -0.4 is 15.1 Å². The van der Waals surface area contributed by atoms with Gasteiger partial charge in [-0.15, -0.1) is 0 Å². The molecular formula is C19H22N3O4S-. The smallest absolute Gasteiger partial charge is 0.257 e. The molecule has 0 aromatic heterocycles. The van der Waals surface area contributed by atoms with Crippen LogP contribution in [0.5, 0.6) is 0 Å². The average Bonchev–Trinajstić information content (AvgIpc) is 2.59. The number of rotatable bonds is 7. The molecule has 0 spiro atoms. The van der Waals surface area contributed by atoms with E-state index in [-0.39, 0.29) is 22.7 Å². The number of nitrogens with one attached hydrogen (secondary N) is 2. The van der Waals surface area contributed by atoms with Crippen LogP contribution in [-0.4, -0.2) is 33.0 Å². The van der Waals surface area contributed by atoms with Crippen molar-refractivity contribution in [2.24, 2.45) is 10.9 Å². The van der Waals surface area contributed by atoms with Gasteiger partial charge >= 0.3 is 0 Å². The minimum Gasteiger partial charge on any atom is -0.858 e. The van der Waals surface area contributed by atoms with E-state index < -0.39 is 21.8 Å². The molecule has 0 unspecified atom stereocenters. The first-order valence-electron chi connectivity index (χ1n) is 8.36. The monoisotopic (exact) mass is 388 g/mol. The van der Waals surface area contributed by atoms with E-state index in [0.717, 1.165) is 6.26 Å². The summed E-state index contributed by atoms with van der Waals surface area (Å²) >= 11 is 0. The maximum atomic E-state index is 12.7. The zero-order chi connectivity index (χ0) is 20.0. The number of carbonyl (C=O) groups excluding carboxylic acids is 1. The van der Waals surface area contributed by atoms with Crippen LogP contribution in [0.1, 0.15) is 29.8 Å². The Bertz CT molecular complexity index is 953. The maximum absolute atomic E-state index is 12.7. The Morgan fingerprint density at radius 1 is 1.04 bits per heavy atom. The zero-order valence-electron chi connectivity index (χ0n) is 15.4. The van der Waals surface area contributed by atoms with Gasteiger partial charge in [-0.25, -0.2) is 8.42 Å². The Morgan fingerprint density at radius 2 is 1.59 bits per heavy atom. The molecule has 2 aromatic rings. The number of anilines is 2. The maximum Gasteiger partial charge on any atom is 0.257 e. The summed E-state index contributed by atoms with van der Waals surface area (Å²) in [6.07, 6.45) is 1.01. The van der Waals surface area contributed by atoms with E-state index in [1.54, 1.807) is 36.4 Å². The fourth-order valence-electron chi connectivity index (χ4n) is 2.29. The molecule has 27 heavy (non-hydrogen) atoms. The van der Waals surface area contributed by atoms with Crippen LogP contribution in [0.3, 0.4) is 0 Å². The largest absolute Gasteiger partial charge is 0.858 e. The number of benzene rings is 2. The molecule has 2 N–H and O–H groups in total. The minimum atomic E-state index is -3.54. The first kappa shape index (κ1) is 20.4. The number of hydrogen-bond donors (Lipinski definition) is 2. The molecule has 0 aliphatic heterocycles. The van der Waals surface area contributed by atoms with Crippen LogP contribution in [0.4, 0.5) is 11.4 Å². The number of sulfonamides is 1. The molecule has 0 saturated heterocycles. The number of nitrogens with zero attached hydrogens (tertiary/aromatic N) is 1. The van der Waals surface area contributed by atoms with Crippen molar-refractivity contribution in [3.63, 3.8) is 0 Å². The molecule has 0 aliphatic carbocycles. The summed E-state index contributed by atoms with van der Waals surface area (Å²) < 4.78 is 25.3. The van der Waals surface area contributed by atoms with Gasteiger partial charge in [0, 0.05) is 17.8 Å². The fraction of sp³-hybridized carbons (Fsp3) is 0.263. The summed E-state index contributed by atoms with van der Waals surface area (Å²) in [6, 6.07) is 12.8. The van der Waals surface area contributed by atoms with Gasteiger partial charge in [-0.3, -0.25) is 9.52 Å². The number of hydrogen-bond acceptors (Lipinski definition) is 5. The first-order chi connectivity index (χ1) is 12.7. The molecule has 0 heterocycles. The topological polar surface area (TPSA) is 111 Å². The Balaban J connectivity index is 2.31. The lowest BCUT2D eigenvalue weighted by Crippen LogP contribution is -2.23. The highest BCUT2D eigenvalue weighted by molar-refractivity contribution is 7.92. The van der Waals surface area contributed by atoms with Gasteiger partial charge in [0.2, 0.25) is 10.0 Å². The van der Waals surface area contributed by atoms with Crippen LogP contribution >= 0.6 is 0 Å². The van der Waals surface area contributed by atoms with Crippen molar-refractivity contribution < 1.29 is 18.3 Å². The van der Waals surface area contributed by atoms with Crippen LogP contribution in [0.2, 0.25) is 0 Å². The minimum absolute atomic E-state index is 0.143. The van der Waals surface area contributed by atoms with Gasteiger partial charge in [-0.1, -0.05) is 44.2 Å². The highest BCUT2D eigenvalue weighted by atomic mass is 32.2. The standard InChI is InChI=1S/C19H23N3O4S/c1-13(2)12-20-18(23)14-8-4-6-10-16(14)21-19(24)15-9-5-7-11-17(15)22-27(3,25)26/h4-11,13,22H,12H2,1-3H3,(H,20,23)(H,21,24)/p-1. The third kappa shape index (κ3) is 6.10. The molecule has 2 aromatic carbocycles. The summed E-state index contributed by atoms with van der Waals surface area (Å²) in [5.41, 5.74) is 0.893. The fourth-order valence-corrected chi connectivity index (χ4v) is 2.87. The predicted molar refractivity (Wildman–Crippen MR) is 106 cm³/mol. The highest BCUT2D eigenvalue weighted by Crippen LogP contribution is 2.20. The highest BCUT2D eigenvalue weighted by Gasteiger charge is 2.15. The van der Waals surface area contributed by atoms with Gasteiger partial charge in [0.15, 0.2) is 0 Å². The van der Waals surface area contributed by atoms with E-state index in [9.17, 15) is 18.3 Å². The van der Waals surface area contributed by atoms with Crippen LogP contribution in [-0.2, 0) is 10.0 Å². The molecule has 0 aliphatic rings. The molecule has 144 valence electrons. The SMILES string of the molecule is CC(C)CN=C([O-])c1ccccc1NC(=O)c1ccccc1NS(C)(=O)=O. The number of para-hydroxylation sites is 2. The second kappa shape index (κ2) is 8.68. The second-order valence-electron chi connectivity index (χ2n) is 6.46. The van der Waals surface area contributed by atoms with Gasteiger partial charge < -0.3 is 15.4 Å². The first-order valence-corrected chi connectivity index (χ1v) is 10.3. The third-order valence-corrected chi connectivity index (χ3v) is 4.06. The lowest BCUT2D eigenvalue weighted by atomic mass is 10.1. The lowest BCUT2D eigenvalue weighted by Gasteiger charge is -2.17. The van der Waals surface area contributed by atoms with Gasteiger partial charge in [-0.05, 0) is 30.0 Å². The molecule has 0 saturated carbocycles. The van der Waals surface area contributed by atoms with Crippen molar-refractivity contribution in [1.82, 2.24) is 0 Å². The van der Waals surface area contributed by atoms with E-state index >= 15 is 0 Å². The van der Waals surface area contributed by atoms with E-state index in [0.29, 0.717) is 12.2 Å². The zero-order valence-corrected chi connectivity index (χ0v) is 16.2. The summed E-state index contributed by atoms with van der Waals surface area (Å²) in [7, 11) is -3.54. The predicted octanol–water partition coefficient (Wildman–Crippen LogP) is 2.07. The molecule has 1 amide bonds. The molecule has 8 heteroatoms. The van der Waals surface area contributed by atoms with Crippen molar-refractivity contribution in [3.8, 4) is 0 Å². The van der Waals surface area contributed by atoms with Gasteiger partial charge in [0.1, 0.15) is 0 Å². The van der Waals surface area contributed by atoms with Crippen molar-refractivity contribution >= 4 is 33.2 Å². The molecule has 0 radical (unpaired) electrons. The van der Waals surface area contributed by atoms with E-state index in [1.165, 1.54) is 12.1 Å². The summed E-state index contributed by atoms with van der Waals surface area (Å²) in [5, 5.41) is 15.0. The van der Waals surface area contributed by atoms with Crippen molar-refractivity contribution in [2.45, 2.75) is 13.8 Å². The quantitative estimate of drug-likeness (QED) is 0.559. The van der Waals surface area contributed by atoms with E-state index in [4.69, 9.17) is 0 Å². The third-order valence-electron chi connectivity index (χ3n) is 3.47. The Kier molecular flexibility index (Phi) is 6.57. The van der Waals surface area contributed by atoms with Crippen LogP contribution in [0.25, 0.3) is 0 Å². The second-order valence-corrected chi connectivity index (χ2v) is 8.21. The molecule has 2 rings (SSSR count).